The number of anilines is 1. The topological polar surface area (TPSA) is 20.3 Å². The van der Waals surface area contributed by atoms with Crippen LogP contribution in [0.4, 0.5) is 5.69 Å². The van der Waals surface area contributed by atoms with Crippen LogP contribution in [0.15, 0.2) is 53.4 Å². The van der Waals surface area contributed by atoms with E-state index in [4.69, 9.17) is 11.6 Å². The number of rotatable bonds is 5. The second-order valence-corrected chi connectivity index (χ2v) is 6.93. The van der Waals surface area contributed by atoms with Crippen LogP contribution in [0.2, 0.25) is 5.02 Å². The van der Waals surface area contributed by atoms with E-state index in [-0.39, 0.29) is 5.91 Å². The van der Waals surface area contributed by atoms with Crippen LogP contribution in [0, 0.1) is 0 Å². The number of benzene rings is 2. The second kappa shape index (κ2) is 7.21. The molecule has 4 heteroatoms. The molecule has 0 fully saturated rings. The molecule has 22 heavy (non-hydrogen) atoms. The van der Waals surface area contributed by atoms with Crippen molar-refractivity contribution in [2.24, 2.45) is 0 Å². The Morgan fingerprint density at radius 1 is 1.14 bits per heavy atom. The van der Waals surface area contributed by atoms with E-state index in [1.807, 2.05) is 47.4 Å². The molecule has 1 aliphatic heterocycles. The Morgan fingerprint density at radius 2 is 1.91 bits per heavy atom. The molecule has 3 rings (SSSR count). The first-order valence-corrected chi connectivity index (χ1v) is 8.87. The monoisotopic (exact) mass is 331 g/mol. The van der Waals surface area contributed by atoms with E-state index in [1.165, 1.54) is 10.5 Å². The third-order valence-electron chi connectivity index (χ3n) is 3.81. The predicted molar refractivity (Wildman–Crippen MR) is 93.9 cm³/mol. The minimum absolute atomic E-state index is 0.238. The van der Waals surface area contributed by atoms with Crippen LogP contribution in [0.5, 0.6) is 0 Å². The highest BCUT2D eigenvalue weighted by molar-refractivity contribution is 7.99. The number of carbonyl (C=O) groups excluding carboxylic acids is 1. The molecule has 0 aliphatic carbocycles. The summed E-state index contributed by atoms with van der Waals surface area (Å²) >= 11 is 7.64. The normalized spacial score (nSPS) is 13.2. The van der Waals surface area contributed by atoms with Crippen molar-refractivity contribution >= 4 is 35.0 Å². The summed E-state index contributed by atoms with van der Waals surface area (Å²) < 4.78 is 0. The molecule has 0 aromatic heterocycles. The van der Waals surface area contributed by atoms with Gasteiger partial charge < -0.3 is 4.90 Å². The van der Waals surface area contributed by atoms with E-state index < -0.39 is 0 Å². The van der Waals surface area contributed by atoms with Gasteiger partial charge in [0.25, 0.3) is 0 Å². The van der Waals surface area contributed by atoms with Crippen LogP contribution in [-0.4, -0.2) is 18.2 Å². The molecular weight excluding hydrogens is 314 g/mol. The van der Waals surface area contributed by atoms with Crippen LogP contribution < -0.4 is 4.90 Å². The second-order valence-electron chi connectivity index (χ2n) is 5.33. The molecule has 1 amide bonds. The molecule has 0 radical (unpaired) electrons. The molecule has 0 N–H and O–H groups in total. The quantitative estimate of drug-likeness (QED) is 0.579. The summed E-state index contributed by atoms with van der Waals surface area (Å²) in [6.07, 6.45) is 2.47. The summed E-state index contributed by atoms with van der Waals surface area (Å²) in [5.74, 6) is 1.18. The van der Waals surface area contributed by atoms with E-state index >= 15 is 0 Å². The number of fused-ring (bicyclic) bond motifs is 1. The van der Waals surface area contributed by atoms with Gasteiger partial charge >= 0.3 is 0 Å². The lowest BCUT2D eigenvalue weighted by molar-refractivity contribution is -0.118. The van der Waals surface area contributed by atoms with Gasteiger partial charge in [0.15, 0.2) is 0 Å². The molecule has 2 aromatic carbocycles. The van der Waals surface area contributed by atoms with Gasteiger partial charge in [0, 0.05) is 28.6 Å². The van der Waals surface area contributed by atoms with Gasteiger partial charge in [-0.15, -0.1) is 11.8 Å². The summed E-state index contributed by atoms with van der Waals surface area (Å²) in [5.41, 5.74) is 2.38. The molecule has 0 atom stereocenters. The summed E-state index contributed by atoms with van der Waals surface area (Å²) in [6, 6.07) is 16.0. The van der Waals surface area contributed by atoms with Crippen LogP contribution in [-0.2, 0) is 11.2 Å². The van der Waals surface area contributed by atoms with Crippen molar-refractivity contribution in [1.82, 2.24) is 0 Å². The van der Waals surface area contributed by atoms with Gasteiger partial charge in [0.1, 0.15) is 0 Å². The summed E-state index contributed by atoms with van der Waals surface area (Å²) in [7, 11) is 0. The maximum atomic E-state index is 12.4. The third kappa shape index (κ3) is 3.65. The van der Waals surface area contributed by atoms with Crippen LogP contribution >= 0.6 is 23.4 Å². The number of nitrogens with zero attached hydrogens (tertiary/aromatic N) is 1. The summed E-state index contributed by atoms with van der Waals surface area (Å²) in [6.45, 7) is 0.822. The van der Waals surface area contributed by atoms with Gasteiger partial charge in [0.05, 0.1) is 0 Å². The molecule has 0 saturated carbocycles. The third-order valence-corrected chi connectivity index (χ3v) is 5.16. The molecule has 0 spiro atoms. The van der Waals surface area contributed by atoms with E-state index in [1.54, 1.807) is 11.8 Å². The van der Waals surface area contributed by atoms with Gasteiger partial charge in [-0.25, -0.2) is 0 Å². The molecule has 2 nitrogen and oxygen atoms in total. The van der Waals surface area contributed by atoms with Crippen molar-refractivity contribution in [1.29, 1.82) is 0 Å². The largest absolute Gasteiger partial charge is 0.312 e. The summed E-state index contributed by atoms with van der Waals surface area (Å²) in [5, 5.41) is 0.757. The number of para-hydroxylation sites is 1. The van der Waals surface area contributed by atoms with Crippen molar-refractivity contribution in [2.45, 2.75) is 24.2 Å². The minimum Gasteiger partial charge on any atom is -0.312 e. The average molecular weight is 332 g/mol. The van der Waals surface area contributed by atoms with Gasteiger partial charge in [-0.2, -0.15) is 0 Å². The summed E-state index contributed by atoms with van der Waals surface area (Å²) in [4.78, 5) is 15.5. The standard InChI is InChI=1S/C18H18ClNOS/c19-15-7-9-16(10-8-15)22-13-3-6-18(21)20-12-11-14-4-1-2-5-17(14)20/h1-2,4-5,7-10H,3,6,11-13H2. The van der Waals surface area contributed by atoms with E-state index in [2.05, 4.69) is 6.07 Å². The van der Waals surface area contributed by atoms with Crippen molar-refractivity contribution < 1.29 is 4.79 Å². The van der Waals surface area contributed by atoms with Crippen LogP contribution in [0.3, 0.4) is 0 Å². The molecule has 1 aliphatic rings. The molecule has 1 heterocycles. The lowest BCUT2D eigenvalue weighted by Crippen LogP contribution is -2.28. The Labute approximate surface area is 140 Å². The molecular formula is C18H18ClNOS. The van der Waals surface area contributed by atoms with Crippen molar-refractivity contribution in [3.05, 3.63) is 59.1 Å². The highest BCUT2D eigenvalue weighted by Gasteiger charge is 2.23. The molecule has 0 bridgehead atoms. The van der Waals surface area contributed by atoms with Gasteiger partial charge in [-0.05, 0) is 54.5 Å². The fourth-order valence-electron chi connectivity index (χ4n) is 2.68. The zero-order valence-corrected chi connectivity index (χ0v) is 13.9. The van der Waals surface area contributed by atoms with Crippen molar-refractivity contribution in [3.63, 3.8) is 0 Å². The Morgan fingerprint density at radius 3 is 2.73 bits per heavy atom. The Hall–Kier alpha value is -1.45. The molecule has 2 aromatic rings. The number of hydrogen-bond acceptors (Lipinski definition) is 2. The van der Waals surface area contributed by atoms with Gasteiger partial charge in [-0.1, -0.05) is 29.8 Å². The lowest BCUT2D eigenvalue weighted by atomic mass is 10.2. The predicted octanol–water partition coefficient (Wildman–Crippen LogP) is 4.80. The Kier molecular flexibility index (Phi) is 5.06. The van der Waals surface area contributed by atoms with Crippen molar-refractivity contribution in [2.75, 3.05) is 17.2 Å². The molecule has 0 unspecified atom stereocenters. The fourth-order valence-corrected chi connectivity index (χ4v) is 3.66. The SMILES string of the molecule is O=C(CCCSc1ccc(Cl)cc1)N1CCc2ccccc21. The minimum atomic E-state index is 0.238. The van der Waals surface area contributed by atoms with E-state index in [9.17, 15) is 4.79 Å². The van der Waals surface area contributed by atoms with Gasteiger partial charge in [-0.3, -0.25) is 4.79 Å². The van der Waals surface area contributed by atoms with Gasteiger partial charge in [0.2, 0.25) is 5.91 Å². The maximum absolute atomic E-state index is 12.4. The fraction of sp³-hybridized carbons (Fsp3) is 0.278. The number of amides is 1. The Bertz CT molecular complexity index is 656. The Balaban J connectivity index is 1.46. The first-order chi connectivity index (χ1) is 10.7. The first-order valence-electron chi connectivity index (χ1n) is 7.51. The smallest absolute Gasteiger partial charge is 0.227 e. The number of carbonyl (C=O) groups is 1. The average Bonchev–Trinajstić information content (AvgIpc) is 2.97. The maximum Gasteiger partial charge on any atom is 0.227 e. The van der Waals surface area contributed by atoms with Crippen molar-refractivity contribution in [3.8, 4) is 0 Å². The van der Waals surface area contributed by atoms with E-state index in [0.717, 1.165) is 35.8 Å². The first kappa shape index (κ1) is 15.4. The highest BCUT2D eigenvalue weighted by atomic mass is 35.5. The van der Waals surface area contributed by atoms with E-state index in [0.29, 0.717) is 6.42 Å². The zero-order chi connectivity index (χ0) is 15.4. The number of thioether (sulfide) groups is 1. The lowest BCUT2D eigenvalue weighted by Gasteiger charge is -2.17. The van der Waals surface area contributed by atoms with Crippen LogP contribution in [0.1, 0.15) is 18.4 Å². The molecule has 0 saturated heterocycles. The number of hydrogen-bond donors (Lipinski definition) is 0. The highest BCUT2D eigenvalue weighted by Crippen LogP contribution is 2.28. The number of halogens is 1. The molecule has 114 valence electrons. The van der Waals surface area contributed by atoms with Crippen LogP contribution in [0.25, 0.3) is 0 Å². The zero-order valence-electron chi connectivity index (χ0n) is 12.3.